The normalized spacial score (nSPS) is 24.7. The average molecular weight is 247 g/mol. The molecule has 0 bridgehead atoms. The Bertz CT molecular complexity index is 285. The minimum atomic E-state index is -1.00. The minimum Gasteiger partial charge on any atom is -0.481 e. The van der Waals surface area contributed by atoms with Crippen molar-refractivity contribution in [3.8, 4) is 0 Å². The van der Waals surface area contributed by atoms with E-state index >= 15 is 0 Å². The van der Waals surface area contributed by atoms with Crippen LogP contribution in [0.2, 0.25) is 0 Å². The molecule has 0 radical (unpaired) electrons. The molecule has 2 atom stereocenters. The van der Waals surface area contributed by atoms with Gasteiger partial charge in [-0.2, -0.15) is 0 Å². The van der Waals surface area contributed by atoms with Crippen molar-refractivity contribution < 1.29 is 24.2 Å². The number of carboxylic acids is 1. The third-order valence-corrected chi connectivity index (χ3v) is 3.08. The predicted octanol–water partition coefficient (Wildman–Crippen LogP) is 0.420. The lowest BCUT2D eigenvalue weighted by atomic mass is 9.92. The quantitative estimate of drug-likeness (QED) is 0.738. The zero-order valence-electron chi connectivity index (χ0n) is 9.64. The number of aliphatic carboxylic acids is 1. The number of alkyl halides is 1. The average Bonchev–Trinajstić information content (AvgIpc) is 2.29. The van der Waals surface area contributed by atoms with E-state index in [0.717, 1.165) is 0 Å². The summed E-state index contributed by atoms with van der Waals surface area (Å²) in [5.74, 6) is -1.47. The number of rotatable bonds is 5. The number of aliphatic hydroxyl groups is 1. The third-order valence-electron chi connectivity index (χ3n) is 3.08. The number of carbonyl (C=O) groups is 2. The summed E-state index contributed by atoms with van der Waals surface area (Å²) < 4.78 is 12.2. The molecule has 0 aromatic heterocycles. The van der Waals surface area contributed by atoms with Crippen LogP contribution < -0.4 is 0 Å². The Kier molecular flexibility index (Phi) is 5.34. The van der Waals surface area contributed by atoms with E-state index in [1.165, 1.54) is 4.90 Å². The van der Waals surface area contributed by atoms with Gasteiger partial charge in [0.15, 0.2) is 0 Å². The van der Waals surface area contributed by atoms with Crippen molar-refractivity contribution in [1.29, 1.82) is 0 Å². The van der Waals surface area contributed by atoms with Gasteiger partial charge in [0.25, 0.3) is 0 Å². The molecule has 0 spiro atoms. The fraction of sp³-hybridized carbons (Fsp3) is 0.818. The second-order valence-electron chi connectivity index (χ2n) is 4.33. The first-order valence-corrected chi connectivity index (χ1v) is 5.78. The Morgan fingerprint density at radius 1 is 1.35 bits per heavy atom. The van der Waals surface area contributed by atoms with Gasteiger partial charge in [0.05, 0.1) is 19.2 Å². The van der Waals surface area contributed by atoms with Crippen molar-refractivity contribution in [3.63, 3.8) is 0 Å². The Labute approximate surface area is 99.2 Å². The van der Waals surface area contributed by atoms with E-state index in [2.05, 4.69) is 0 Å². The smallest absolute Gasteiger partial charge is 0.303 e. The first-order valence-electron chi connectivity index (χ1n) is 5.78. The number of carboxylic acid groups (broad SMARTS) is 1. The third kappa shape index (κ3) is 4.30. The highest BCUT2D eigenvalue weighted by molar-refractivity contribution is 5.80. The van der Waals surface area contributed by atoms with Crippen LogP contribution in [-0.2, 0) is 9.59 Å². The number of hydrogen-bond acceptors (Lipinski definition) is 3. The van der Waals surface area contributed by atoms with E-state index in [0.29, 0.717) is 19.5 Å². The molecule has 6 heteroatoms. The summed E-state index contributed by atoms with van der Waals surface area (Å²) in [4.78, 5) is 23.5. The molecule has 2 N–H and O–H groups in total. The van der Waals surface area contributed by atoms with Gasteiger partial charge in [0, 0.05) is 25.4 Å². The molecule has 0 unspecified atom stereocenters. The molecule has 0 aromatic rings. The first-order chi connectivity index (χ1) is 8.04. The van der Waals surface area contributed by atoms with Crippen molar-refractivity contribution in [3.05, 3.63) is 0 Å². The summed E-state index contributed by atoms with van der Waals surface area (Å²) in [6, 6.07) is 0. The van der Waals surface area contributed by atoms with Gasteiger partial charge in [-0.15, -0.1) is 0 Å². The van der Waals surface area contributed by atoms with Crippen LogP contribution in [0, 0.1) is 5.92 Å². The zero-order chi connectivity index (χ0) is 12.8. The van der Waals surface area contributed by atoms with Crippen LogP contribution in [0.1, 0.15) is 25.7 Å². The van der Waals surface area contributed by atoms with Gasteiger partial charge in [0.1, 0.15) is 0 Å². The molecule has 1 saturated heterocycles. The highest BCUT2D eigenvalue weighted by Crippen LogP contribution is 2.21. The molecule has 1 fully saturated rings. The van der Waals surface area contributed by atoms with Gasteiger partial charge >= 0.3 is 5.97 Å². The van der Waals surface area contributed by atoms with E-state index < -0.39 is 18.7 Å². The van der Waals surface area contributed by atoms with Gasteiger partial charge in [-0.1, -0.05) is 0 Å². The Morgan fingerprint density at radius 3 is 2.65 bits per heavy atom. The van der Waals surface area contributed by atoms with Gasteiger partial charge in [-0.05, 0) is 12.8 Å². The molecule has 98 valence electrons. The molecule has 0 aromatic carbocycles. The molecule has 0 saturated carbocycles. The van der Waals surface area contributed by atoms with Crippen molar-refractivity contribution in [1.82, 2.24) is 4.90 Å². The summed E-state index contributed by atoms with van der Waals surface area (Å²) in [5, 5.41) is 18.1. The summed E-state index contributed by atoms with van der Waals surface area (Å²) in [7, 11) is 0. The standard InChI is InChI=1S/C11H18FNO4/c12-5-3-8-7-13(6-4-9(8)14)10(15)1-2-11(16)17/h8-9,14H,1-7H2,(H,16,17)/t8-,9+/m0/s1. The van der Waals surface area contributed by atoms with Crippen LogP contribution in [0.25, 0.3) is 0 Å². The number of hydrogen-bond donors (Lipinski definition) is 2. The van der Waals surface area contributed by atoms with E-state index in [1.54, 1.807) is 0 Å². The van der Waals surface area contributed by atoms with Crippen LogP contribution in [-0.4, -0.2) is 52.9 Å². The Balaban J connectivity index is 2.43. The van der Waals surface area contributed by atoms with Crippen LogP contribution in [0.4, 0.5) is 4.39 Å². The number of halogens is 1. The number of nitrogens with zero attached hydrogens (tertiary/aromatic N) is 1. The number of carbonyl (C=O) groups excluding carboxylic acids is 1. The van der Waals surface area contributed by atoms with E-state index in [9.17, 15) is 19.1 Å². The summed E-state index contributed by atoms with van der Waals surface area (Å²) in [6.45, 7) is 0.227. The lowest BCUT2D eigenvalue weighted by Crippen LogP contribution is -2.46. The first kappa shape index (κ1) is 13.9. The van der Waals surface area contributed by atoms with Crippen LogP contribution in [0.3, 0.4) is 0 Å². The minimum absolute atomic E-state index is 0.0340. The van der Waals surface area contributed by atoms with Crippen molar-refractivity contribution >= 4 is 11.9 Å². The SMILES string of the molecule is O=C(O)CCC(=O)N1CC[C@@H](O)[C@@H](CCF)C1. The Morgan fingerprint density at radius 2 is 2.06 bits per heavy atom. The maximum Gasteiger partial charge on any atom is 0.303 e. The fourth-order valence-corrected chi connectivity index (χ4v) is 2.04. The lowest BCUT2D eigenvalue weighted by molar-refractivity contribution is -0.142. The van der Waals surface area contributed by atoms with Crippen LogP contribution >= 0.6 is 0 Å². The van der Waals surface area contributed by atoms with E-state index in [-0.39, 0.29) is 31.1 Å². The zero-order valence-corrected chi connectivity index (χ0v) is 9.64. The second-order valence-corrected chi connectivity index (χ2v) is 4.33. The summed E-state index contributed by atoms with van der Waals surface area (Å²) in [6.07, 6.45) is -0.110. The molecule has 1 heterocycles. The second kappa shape index (κ2) is 6.54. The molecule has 1 aliphatic heterocycles. The molecule has 1 aliphatic rings. The van der Waals surface area contributed by atoms with Gasteiger partial charge in [0.2, 0.25) is 5.91 Å². The molecular weight excluding hydrogens is 229 g/mol. The van der Waals surface area contributed by atoms with Crippen LogP contribution in [0.5, 0.6) is 0 Å². The highest BCUT2D eigenvalue weighted by Gasteiger charge is 2.29. The molecule has 17 heavy (non-hydrogen) atoms. The lowest BCUT2D eigenvalue weighted by Gasteiger charge is -2.35. The van der Waals surface area contributed by atoms with Crippen LogP contribution in [0.15, 0.2) is 0 Å². The van der Waals surface area contributed by atoms with Crippen molar-refractivity contribution in [2.45, 2.75) is 31.8 Å². The number of amides is 1. The molecular formula is C11H18FNO4. The number of piperidine rings is 1. The van der Waals surface area contributed by atoms with E-state index in [1.807, 2.05) is 0 Å². The predicted molar refractivity (Wildman–Crippen MR) is 58.2 cm³/mol. The monoisotopic (exact) mass is 247 g/mol. The van der Waals surface area contributed by atoms with Gasteiger partial charge < -0.3 is 15.1 Å². The van der Waals surface area contributed by atoms with Crippen molar-refractivity contribution in [2.75, 3.05) is 19.8 Å². The molecule has 0 aliphatic carbocycles. The largest absolute Gasteiger partial charge is 0.481 e. The van der Waals surface area contributed by atoms with Crippen molar-refractivity contribution in [2.24, 2.45) is 5.92 Å². The fourth-order valence-electron chi connectivity index (χ4n) is 2.04. The van der Waals surface area contributed by atoms with Gasteiger partial charge in [-0.3, -0.25) is 14.0 Å². The molecule has 5 nitrogen and oxygen atoms in total. The molecule has 1 amide bonds. The Hall–Kier alpha value is -1.17. The maximum absolute atomic E-state index is 12.2. The molecule has 1 rings (SSSR count). The summed E-state index contributed by atoms with van der Waals surface area (Å²) >= 11 is 0. The maximum atomic E-state index is 12.2. The summed E-state index contributed by atoms with van der Waals surface area (Å²) in [5.41, 5.74) is 0. The number of likely N-dealkylation sites (tertiary alicyclic amines) is 1. The topological polar surface area (TPSA) is 77.8 Å². The van der Waals surface area contributed by atoms with Gasteiger partial charge in [-0.25, -0.2) is 0 Å². The highest BCUT2D eigenvalue weighted by atomic mass is 19.1. The number of aliphatic hydroxyl groups excluding tert-OH is 1. The van der Waals surface area contributed by atoms with E-state index in [4.69, 9.17) is 5.11 Å².